The molecule has 1 aliphatic heterocycles. The first-order valence-electron chi connectivity index (χ1n) is 6.60. The van der Waals surface area contributed by atoms with Crippen LogP contribution < -0.4 is 0 Å². The molecule has 0 radical (unpaired) electrons. The van der Waals surface area contributed by atoms with Crippen LogP contribution in [0.1, 0.15) is 47.5 Å². The molecular weight excluding hydrogens is 230 g/mol. The average molecular weight is 255 g/mol. The van der Waals surface area contributed by atoms with Crippen LogP contribution in [-0.2, 0) is 9.53 Å². The Morgan fingerprint density at radius 3 is 2.06 bits per heavy atom. The summed E-state index contributed by atoms with van der Waals surface area (Å²) >= 11 is 0. The van der Waals surface area contributed by atoms with E-state index in [1.54, 1.807) is 4.90 Å². The van der Waals surface area contributed by atoms with E-state index in [1.165, 1.54) is 0 Å². The van der Waals surface area contributed by atoms with E-state index < -0.39 is 5.60 Å². The maximum Gasteiger partial charge on any atom is 0.410 e. The van der Waals surface area contributed by atoms with E-state index >= 15 is 0 Å². The van der Waals surface area contributed by atoms with Gasteiger partial charge in [0.25, 0.3) is 0 Å². The van der Waals surface area contributed by atoms with Crippen LogP contribution in [-0.4, -0.2) is 36.0 Å². The molecule has 0 aromatic rings. The van der Waals surface area contributed by atoms with Crippen LogP contribution in [0.3, 0.4) is 0 Å². The SMILES string of the molecule is CC(C)(C)OC(=O)N1CCC(C(C)(C)C=O)CC1. The van der Waals surface area contributed by atoms with E-state index in [0.717, 1.165) is 19.1 Å². The number of nitrogens with zero attached hydrogens (tertiary/aromatic N) is 1. The molecule has 104 valence electrons. The summed E-state index contributed by atoms with van der Waals surface area (Å²) in [7, 11) is 0. The highest BCUT2D eigenvalue weighted by Gasteiger charge is 2.34. The number of hydrogen-bond donors (Lipinski definition) is 0. The van der Waals surface area contributed by atoms with Crippen molar-refractivity contribution in [2.75, 3.05) is 13.1 Å². The molecule has 4 heteroatoms. The number of carbonyl (C=O) groups is 2. The second-order valence-electron chi connectivity index (χ2n) is 6.68. The molecule has 4 nitrogen and oxygen atoms in total. The highest BCUT2D eigenvalue weighted by atomic mass is 16.6. The third-order valence-electron chi connectivity index (χ3n) is 3.50. The molecule has 0 unspecified atom stereocenters. The van der Waals surface area contributed by atoms with Gasteiger partial charge in [-0.3, -0.25) is 0 Å². The number of aldehydes is 1. The highest BCUT2D eigenvalue weighted by molar-refractivity contribution is 5.68. The summed E-state index contributed by atoms with van der Waals surface area (Å²) in [6.45, 7) is 10.9. The minimum atomic E-state index is -0.448. The van der Waals surface area contributed by atoms with E-state index in [2.05, 4.69) is 0 Å². The van der Waals surface area contributed by atoms with Gasteiger partial charge in [-0.15, -0.1) is 0 Å². The van der Waals surface area contributed by atoms with Gasteiger partial charge in [-0.05, 0) is 39.5 Å². The molecule has 1 saturated heterocycles. The Hall–Kier alpha value is -1.06. The normalized spacial score (nSPS) is 18.6. The summed E-state index contributed by atoms with van der Waals surface area (Å²) in [5.74, 6) is 0.355. The van der Waals surface area contributed by atoms with Crippen molar-refractivity contribution in [3.63, 3.8) is 0 Å². The van der Waals surface area contributed by atoms with Crippen molar-refractivity contribution in [3.8, 4) is 0 Å². The van der Waals surface area contributed by atoms with Crippen molar-refractivity contribution in [1.29, 1.82) is 0 Å². The molecule has 0 atom stereocenters. The summed E-state index contributed by atoms with van der Waals surface area (Å²) in [6.07, 6.45) is 2.52. The van der Waals surface area contributed by atoms with Crippen LogP contribution in [0, 0.1) is 11.3 Å². The minimum absolute atomic E-state index is 0.246. The molecule has 1 rings (SSSR count). The Balaban J connectivity index is 2.49. The van der Waals surface area contributed by atoms with Crippen molar-refractivity contribution in [2.24, 2.45) is 11.3 Å². The predicted octanol–water partition coefficient (Wildman–Crippen LogP) is 2.86. The van der Waals surface area contributed by atoms with Crippen molar-refractivity contribution < 1.29 is 14.3 Å². The largest absolute Gasteiger partial charge is 0.444 e. The first-order valence-corrected chi connectivity index (χ1v) is 6.60. The van der Waals surface area contributed by atoms with Crippen molar-refractivity contribution >= 4 is 12.4 Å². The molecule has 1 fully saturated rings. The lowest BCUT2D eigenvalue weighted by Crippen LogP contribution is -2.44. The van der Waals surface area contributed by atoms with Crippen LogP contribution in [0.25, 0.3) is 0 Å². The molecule has 1 amide bonds. The first-order chi connectivity index (χ1) is 8.15. The quantitative estimate of drug-likeness (QED) is 0.713. The summed E-state index contributed by atoms with van der Waals surface area (Å²) in [5, 5.41) is 0. The van der Waals surface area contributed by atoms with Gasteiger partial charge >= 0.3 is 6.09 Å². The van der Waals surface area contributed by atoms with E-state index in [0.29, 0.717) is 19.0 Å². The van der Waals surface area contributed by atoms with Gasteiger partial charge in [0.1, 0.15) is 11.9 Å². The molecule has 1 heterocycles. The van der Waals surface area contributed by atoms with Gasteiger partial charge in [0, 0.05) is 18.5 Å². The molecular formula is C14H25NO3. The molecule has 0 aliphatic carbocycles. The fraction of sp³-hybridized carbons (Fsp3) is 0.857. The fourth-order valence-corrected chi connectivity index (χ4v) is 2.23. The molecule has 0 N–H and O–H groups in total. The fourth-order valence-electron chi connectivity index (χ4n) is 2.23. The van der Waals surface area contributed by atoms with Gasteiger partial charge in [0.15, 0.2) is 0 Å². The first kappa shape index (κ1) is 15.0. The van der Waals surface area contributed by atoms with Gasteiger partial charge in [0.2, 0.25) is 0 Å². The third-order valence-corrected chi connectivity index (χ3v) is 3.50. The minimum Gasteiger partial charge on any atom is -0.444 e. The molecule has 0 aromatic heterocycles. The monoisotopic (exact) mass is 255 g/mol. The zero-order chi connectivity index (χ0) is 14.0. The predicted molar refractivity (Wildman–Crippen MR) is 70.4 cm³/mol. The Bertz CT molecular complexity index is 309. The van der Waals surface area contributed by atoms with Gasteiger partial charge < -0.3 is 14.4 Å². The number of rotatable bonds is 2. The van der Waals surface area contributed by atoms with E-state index in [9.17, 15) is 9.59 Å². The maximum absolute atomic E-state index is 11.9. The molecule has 1 aliphatic rings. The Kier molecular flexibility index (Phi) is 4.41. The number of amides is 1. The smallest absolute Gasteiger partial charge is 0.410 e. The zero-order valence-corrected chi connectivity index (χ0v) is 12.2. The lowest BCUT2D eigenvalue weighted by atomic mass is 9.75. The van der Waals surface area contributed by atoms with E-state index in [1.807, 2.05) is 34.6 Å². The van der Waals surface area contributed by atoms with Gasteiger partial charge in [0.05, 0.1) is 0 Å². The van der Waals surface area contributed by atoms with Crippen LogP contribution >= 0.6 is 0 Å². The van der Waals surface area contributed by atoms with Gasteiger partial charge in [-0.2, -0.15) is 0 Å². The molecule has 18 heavy (non-hydrogen) atoms. The van der Waals surface area contributed by atoms with Crippen LogP contribution in [0.4, 0.5) is 4.79 Å². The third kappa shape index (κ3) is 4.00. The van der Waals surface area contributed by atoms with Crippen LogP contribution in [0.5, 0.6) is 0 Å². The summed E-state index contributed by atoms with van der Waals surface area (Å²) in [4.78, 5) is 24.6. The number of ether oxygens (including phenoxy) is 1. The van der Waals surface area contributed by atoms with Gasteiger partial charge in [-0.25, -0.2) is 4.79 Å². The second kappa shape index (κ2) is 5.29. The lowest BCUT2D eigenvalue weighted by molar-refractivity contribution is -0.118. The Labute approximate surface area is 110 Å². The maximum atomic E-state index is 11.9. The zero-order valence-electron chi connectivity index (χ0n) is 12.2. The molecule has 0 aromatic carbocycles. The van der Waals surface area contributed by atoms with Crippen LogP contribution in [0.2, 0.25) is 0 Å². The topological polar surface area (TPSA) is 46.6 Å². The van der Waals surface area contributed by atoms with Crippen molar-refractivity contribution in [3.05, 3.63) is 0 Å². The van der Waals surface area contributed by atoms with E-state index in [-0.39, 0.29) is 11.5 Å². The second-order valence-corrected chi connectivity index (χ2v) is 6.68. The standard InChI is InChI=1S/C14H25NO3/c1-13(2,3)18-12(17)15-8-6-11(7-9-15)14(4,5)10-16/h10-11H,6-9H2,1-5H3. The van der Waals surface area contributed by atoms with E-state index in [4.69, 9.17) is 4.74 Å². The number of piperidine rings is 1. The van der Waals surface area contributed by atoms with Gasteiger partial charge in [-0.1, -0.05) is 13.8 Å². The summed E-state index contributed by atoms with van der Waals surface area (Å²) < 4.78 is 5.34. The molecule has 0 saturated carbocycles. The van der Waals surface area contributed by atoms with Crippen LogP contribution in [0.15, 0.2) is 0 Å². The van der Waals surface area contributed by atoms with Crippen molar-refractivity contribution in [1.82, 2.24) is 4.90 Å². The average Bonchev–Trinajstić information content (AvgIpc) is 2.27. The number of hydrogen-bond acceptors (Lipinski definition) is 3. The summed E-state index contributed by atoms with van der Waals surface area (Å²) in [5.41, 5.74) is -0.740. The number of likely N-dealkylation sites (tertiary alicyclic amines) is 1. The summed E-state index contributed by atoms with van der Waals surface area (Å²) in [6, 6.07) is 0. The molecule has 0 spiro atoms. The van der Waals surface area contributed by atoms with Crippen molar-refractivity contribution in [2.45, 2.75) is 53.1 Å². The lowest BCUT2D eigenvalue weighted by Gasteiger charge is -2.38. The Morgan fingerprint density at radius 2 is 1.67 bits per heavy atom. The highest BCUT2D eigenvalue weighted by Crippen LogP contribution is 2.33. The Morgan fingerprint density at radius 1 is 1.17 bits per heavy atom. The number of carbonyl (C=O) groups excluding carboxylic acids is 2. The molecule has 0 bridgehead atoms.